The monoisotopic (exact) mass is 392 g/mol. The van der Waals surface area contributed by atoms with E-state index in [0.29, 0.717) is 21.6 Å². The number of nitrogens with zero attached hydrogens (tertiary/aromatic N) is 2. The molecule has 2 bridgehead atoms. The van der Waals surface area contributed by atoms with Gasteiger partial charge in [0.25, 0.3) is 5.91 Å². The highest BCUT2D eigenvalue weighted by Crippen LogP contribution is 2.61. The number of aromatic nitrogens is 2. The van der Waals surface area contributed by atoms with E-state index in [1.165, 1.54) is 30.6 Å². The molecule has 0 radical (unpaired) electrons. The summed E-state index contributed by atoms with van der Waals surface area (Å²) in [4.78, 5) is 12.1. The van der Waals surface area contributed by atoms with E-state index in [1.54, 1.807) is 0 Å². The van der Waals surface area contributed by atoms with Gasteiger partial charge in [0.2, 0.25) is 10.3 Å². The van der Waals surface area contributed by atoms with Gasteiger partial charge in [-0.15, -0.1) is 10.2 Å². The summed E-state index contributed by atoms with van der Waals surface area (Å²) in [5, 5.41) is 14.8. The fourth-order valence-corrected chi connectivity index (χ4v) is 5.27. The molecule has 3 aliphatic carbocycles. The quantitative estimate of drug-likeness (QED) is 0.783. The van der Waals surface area contributed by atoms with Crippen molar-refractivity contribution in [3.63, 3.8) is 0 Å². The van der Waals surface area contributed by atoms with Crippen molar-refractivity contribution in [1.82, 2.24) is 10.2 Å². The molecule has 0 aliphatic heterocycles. The standard InChI is InChI=1S/C19H22F2N4OS/c1-19(2)12-4-3-10(15(19)7-12)9-22-17-24-25-18(27-17)23-16(26)11-5-13(20)8-14(21)6-11/h5-6,8,10,12,15H,3-4,7,9H2,1-2H3,(H,22,24)(H,23,25,26)/t10-,12?,15?/m0/s1. The first-order chi connectivity index (χ1) is 12.8. The van der Waals surface area contributed by atoms with Gasteiger partial charge in [0, 0.05) is 18.2 Å². The number of hydrogen-bond donors (Lipinski definition) is 2. The smallest absolute Gasteiger partial charge is 0.257 e. The second kappa shape index (κ2) is 6.82. The van der Waals surface area contributed by atoms with Gasteiger partial charge in [-0.2, -0.15) is 0 Å². The van der Waals surface area contributed by atoms with Gasteiger partial charge in [0.15, 0.2) is 0 Å². The molecule has 0 saturated heterocycles. The fourth-order valence-electron chi connectivity index (χ4n) is 4.62. The third-order valence-electron chi connectivity index (χ3n) is 6.29. The van der Waals surface area contributed by atoms with Crippen molar-refractivity contribution in [2.45, 2.75) is 33.1 Å². The molecule has 5 rings (SSSR count). The number of benzene rings is 1. The van der Waals surface area contributed by atoms with Crippen molar-refractivity contribution in [3.8, 4) is 0 Å². The molecule has 3 atom stereocenters. The van der Waals surface area contributed by atoms with Crippen LogP contribution in [0.1, 0.15) is 43.5 Å². The van der Waals surface area contributed by atoms with E-state index in [-0.39, 0.29) is 5.56 Å². The van der Waals surface area contributed by atoms with Crippen LogP contribution in [0.2, 0.25) is 0 Å². The van der Waals surface area contributed by atoms with Crippen LogP contribution in [-0.4, -0.2) is 22.6 Å². The van der Waals surface area contributed by atoms with Gasteiger partial charge in [-0.1, -0.05) is 25.2 Å². The van der Waals surface area contributed by atoms with Crippen LogP contribution in [0, 0.1) is 34.8 Å². The molecule has 27 heavy (non-hydrogen) atoms. The molecule has 144 valence electrons. The minimum absolute atomic E-state index is 0.0961. The van der Waals surface area contributed by atoms with E-state index >= 15 is 0 Å². The second-order valence-corrected chi connectivity index (χ2v) is 9.08. The van der Waals surface area contributed by atoms with Gasteiger partial charge in [-0.25, -0.2) is 8.78 Å². The zero-order chi connectivity index (χ0) is 19.2. The average Bonchev–Trinajstić information content (AvgIpc) is 3.06. The summed E-state index contributed by atoms with van der Waals surface area (Å²) in [6, 6.07) is 2.69. The van der Waals surface area contributed by atoms with Crippen molar-refractivity contribution < 1.29 is 13.6 Å². The Labute approximate surface area is 160 Å². The summed E-state index contributed by atoms with van der Waals surface area (Å²) >= 11 is 1.21. The lowest BCUT2D eigenvalue weighted by Crippen LogP contribution is -2.53. The zero-order valence-corrected chi connectivity index (χ0v) is 16.1. The Morgan fingerprint density at radius 1 is 1.19 bits per heavy atom. The number of halogens is 2. The SMILES string of the molecule is CC1(C)C2CC[C@@H](CNc3nnc(NC(=O)c4cc(F)cc(F)c4)s3)C1C2. The zero-order valence-electron chi connectivity index (χ0n) is 15.3. The molecule has 3 fully saturated rings. The van der Waals surface area contributed by atoms with E-state index in [0.717, 1.165) is 36.6 Å². The lowest BCUT2D eigenvalue weighted by Gasteiger charge is -2.60. The van der Waals surface area contributed by atoms with Crippen LogP contribution < -0.4 is 10.6 Å². The Hall–Kier alpha value is -2.09. The number of hydrogen-bond acceptors (Lipinski definition) is 5. The molecule has 1 aromatic carbocycles. The van der Waals surface area contributed by atoms with Crippen molar-refractivity contribution in [1.29, 1.82) is 0 Å². The first-order valence-corrected chi connectivity index (χ1v) is 9.99. The number of nitrogens with one attached hydrogen (secondary N) is 2. The number of rotatable bonds is 5. The topological polar surface area (TPSA) is 66.9 Å². The van der Waals surface area contributed by atoms with Crippen molar-refractivity contribution in [2.24, 2.45) is 23.2 Å². The summed E-state index contributed by atoms with van der Waals surface area (Å²) in [6.45, 7) is 5.58. The summed E-state index contributed by atoms with van der Waals surface area (Å²) in [5.74, 6) is 0.0307. The van der Waals surface area contributed by atoms with Crippen LogP contribution in [0.4, 0.5) is 19.0 Å². The first kappa shape index (κ1) is 18.3. The van der Waals surface area contributed by atoms with Crippen LogP contribution in [0.15, 0.2) is 18.2 Å². The largest absolute Gasteiger partial charge is 0.360 e. The van der Waals surface area contributed by atoms with Gasteiger partial charge in [0.1, 0.15) is 11.6 Å². The van der Waals surface area contributed by atoms with E-state index < -0.39 is 17.5 Å². The fraction of sp³-hybridized carbons (Fsp3) is 0.526. The second-order valence-electron chi connectivity index (χ2n) is 8.10. The molecule has 2 N–H and O–H groups in total. The molecule has 8 heteroatoms. The summed E-state index contributed by atoms with van der Waals surface area (Å²) in [7, 11) is 0. The van der Waals surface area contributed by atoms with E-state index in [4.69, 9.17) is 0 Å². The van der Waals surface area contributed by atoms with E-state index in [9.17, 15) is 13.6 Å². The lowest BCUT2D eigenvalue weighted by molar-refractivity contribution is -0.100. The van der Waals surface area contributed by atoms with Crippen LogP contribution in [0.25, 0.3) is 0 Å². The average molecular weight is 392 g/mol. The summed E-state index contributed by atoms with van der Waals surface area (Å²) in [6.07, 6.45) is 3.84. The third kappa shape index (κ3) is 3.54. The molecule has 1 amide bonds. The predicted octanol–water partition coefficient (Wildman–Crippen LogP) is 4.55. The van der Waals surface area contributed by atoms with Gasteiger partial charge < -0.3 is 5.32 Å². The molecule has 1 heterocycles. The van der Waals surface area contributed by atoms with Crippen molar-refractivity contribution in [2.75, 3.05) is 17.2 Å². The molecule has 1 aromatic heterocycles. The van der Waals surface area contributed by atoms with Crippen LogP contribution in [0.5, 0.6) is 0 Å². The molecule has 0 spiro atoms. The number of carbonyl (C=O) groups excluding carboxylic acids is 1. The normalized spacial score (nSPS) is 25.6. The van der Waals surface area contributed by atoms with E-state index in [1.807, 2.05) is 0 Å². The minimum Gasteiger partial charge on any atom is -0.360 e. The maximum Gasteiger partial charge on any atom is 0.257 e. The lowest BCUT2D eigenvalue weighted by atomic mass is 9.45. The molecule has 2 aromatic rings. The highest BCUT2D eigenvalue weighted by atomic mass is 32.1. The van der Waals surface area contributed by atoms with Crippen LogP contribution >= 0.6 is 11.3 Å². The molecule has 3 saturated carbocycles. The number of amides is 1. The Morgan fingerprint density at radius 3 is 2.56 bits per heavy atom. The first-order valence-electron chi connectivity index (χ1n) is 9.18. The summed E-state index contributed by atoms with van der Waals surface area (Å²) in [5.41, 5.74) is 0.339. The minimum atomic E-state index is -0.798. The molecular weight excluding hydrogens is 370 g/mol. The Morgan fingerprint density at radius 2 is 1.89 bits per heavy atom. The predicted molar refractivity (Wildman–Crippen MR) is 101 cm³/mol. The van der Waals surface area contributed by atoms with Crippen molar-refractivity contribution in [3.05, 3.63) is 35.4 Å². The maximum atomic E-state index is 13.2. The van der Waals surface area contributed by atoms with Gasteiger partial charge in [0.05, 0.1) is 0 Å². The number of anilines is 2. The molecule has 2 unspecified atom stereocenters. The van der Waals surface area contributed by atoms with Gasteiger partial charge >= 0.3 is 0 Å². The molecule has 3 aliphatic rings. The number of carbonyl (C=O) groups is 1. The Balaban J connectivity index is 1.34. The summed E-state index contributed by atoms with van der Waals surface area (Å²) < 4.78 is 26.5. The highest BCUT2D eigenvalue weighted by Gasteiger charge is 2.53. The Bertz CT molecular complexity index is 847. The molecular formula is C19H22F2N4OS. The Kier molecular flexibility index (Phi) is 4.61. The van der Waals surface area contributed by atoms with Gasteiger partial charge in [-0.3, -0.25) is 10.1 Å². The van der Waals surface area contributed by atoms with Gasteiger partial charge in [-0.05, 0) is 54.6 Å². The van der Waals surface area contributed by atoms with E-state index in [2.05, 4.69) is 34.7 Å². The number of fused-ring (bicyclic) bond motifs is 2. The van der Waals surface area contributed by atoms with Crippen LogP contribution in [-0.2, 0) is 0 Å². The highest BCUT2D eigenvalue weighted by molar-refractivity contribution is 7.19. The third-order valence-corrected chi connectivity index (χ3v) is 7.08. The van der Waals surface area contributed by atoms with Crippen molar-refractivity contribution >= 4 is 27.5 Å². The molecule has 5 nitrogen and oxygen atoms in total. The van der Waals surface area contributed by atoms with Crippen LogP contribution in [0.3, 0.4) is 0 Å². The maximum absolute atomic E-state index is 13.2.